The van der Waals surface area contributed by atoms with E-state index in [-0.39, 0.29) is 16.8 Å². The molecule has 0 saturated heterocycles. The van der Waals surface area contributed by atoms with Crippen LogP contribution in [-0.4, -0.2) is 24.2 Å². The molecule has 0 aromatic carbocycles. The van der Waals surface area contributed by atoms with Gasteiger partial charge in [-0.1, -0.05) is 13.3 Å². The minimum absolute atomic E-state index is 0.0630. The Labute approximate surface area is 101 Å². The summed E-state index contributed by atoms with van der Waals surface area (Å²) in [4.78, 5) is 0.0844. The smallest absolute Gasteiger partial charge is 0.246 e. The highest BCUT2D eigenvalue weighted by Crippen LogP contribution is 2.34. The van der Waals surface area contributed by atoms with Gasteiger partial charge in [0.25, 0.3) is 0 Å². The van der Waals surface area contributed by atoms with E-state index >= 15 is 0 Å². The molecule has 0 spiro atoms. The van der Waals surface area contributed by atoms with Crippen LogP contribution in [0.1, 0.15) is 26.7 Å². The Morgan fingerprint density at radius 1 is 1.59 bits per heavy atom. The second-order valence-electron chi connectivity index (χ2n) is 4.37. The molecule has 1 heterocycles. The number of aryl methyl sites for hydroxylation is 1. The Bertz CT molecular complexity index is 508. The van der Waals surface area contributed by atoms with Crippen LogP contribution < -0.4 is 10.5 Å². The van der Waals surface area contributed by atoms with E-state index in [1.54, 1.807) is 0 Å². The van der Waals surface area contributed by atoms with Crippen molar-refractivity contribution in [1.82, 2.24) is 14.5 Å². The third kappa shape index (κ3) is 2.44. The highest BCUT2D eigenvalue weighted by atomic mass is 32.2. The SMILES string of the molecule is CCC1CC1NS(=O)(=O)c1cn(CC)nc1N. The zero-order valence-corrected chi connectivity index (χ0v) is 10.9. The fourth-order valence-corrected chi connectivity index (χ4v) is 3.28. The number of nitrogen functional groups attached to an aromatic ring is 1. The summed E-state index contributed by atoms with van der Waals surface area (Å²) in [6.07, 6.45) is 3.38. The van der Waals surface area contributed by atoms with Crippen LogP contribution in [0.25, 0.3) is 0 Å². The lowest BCUT2D eigenvalue weighted by Crippen LogP contribution is -2.27. The van der Waals surface area contributed by atoms with Crippen molar-refractivity contribution in [2.75, 3.05) is 5.73 Å². The highest BCUT2D eigenvalue weighted by Gasteiger charge is 2.39. The average molecular weight is 258 g/mol. The Hall–Kier alpha value is -1.08. The topological polar surface area (TPSA) is 90.0 Å². The minimum atomic E-state index is -3.52. The second-order valence-corrected chi connectivity index (χ2v) is 6.05. The standard InChI is InChI=1S/C10H18N4O2S/c1-3-7-5-8(7)13-17(15,16)9-6-14(4-2)12-10(9)11/h6-8,13H,3-5H2,1-2H3,(H2,11,12). The molecule has 2 rings (SSSR count). The molecule has 7 heteroatoms. The van der Waals surface area contributed by atoms with Gasteiger partial charge in [0.05, 0.1) is 0 Å². The Balaban J connectivity index is 2.17. The maximum atomic E-state index is 12.0. The number of sulfonamides is 1. The van der Waals surface area contributed by atoms with Crippen molar-refractivity contribution in [1.29, 1.82) is 0 Å². The molecular formula is C10H18N4O2S. The summed E-state index contributed by atoms with van der Waals surface area (Å²) in [5, 5.41) is 3.94. The number of rotatable bonds is 5. The number of hydrogen-bond donors (Lipinski definition) is 2. The van der Waals surface area contributed by atoms with E-state index in [1.807, 2.05) is 6.92 Å². The molecule has 0 amide bonds. The molecule has 2 atom stereocenters. The number of aromatic nitrogens is 2. The summed E-state index contributed by atoms with van der Waals surface area (Å²) in [5.41, 5.74) is 5.62. The van der Waals surface area contributed by atoms with Crippen molar-refractivity contribution in [2.24, 2.45) is 5.92 Å². The first-order chi connectivity index (χ1) is 7.97. The number of anilines is 1. The van der Waals surface area contributed by atoms with Crippen LogP contribution in [0.4, 0.5) is 5.82 Å². The Kier molecular flexibility index (Phi) is 3.13. The Morgan fingerprint density at radius 2 is 2.29 bits per heavy atom. The molecule has 0 radical (unpaired) electrons. The van der Waals surface area contributed by atoms with Gasteiger partial charge in [-0.15, -0.1) is 0 Å². The maximum absolute atomic E-state index is 12.0. The lowest BCUT2D eigenvalue weighted by atomic mass is 10.3. The first-order valence-electron chi connectivity index (χ1n) is 5.83. The monoisotopic (exact) mass is 258 g/mol. The summed E-state index contributed by atoms with van der Waals surface area (Å²) < 4.78 is 28.3. The zero-order chi connectivity index (χ0) is 12.6. The van der Waals surface area contributed by atoms with Crippen LogP contribution in [0, 0.1) is 5.92 Å². The summed E-state index contributed by atoms with van der Waals surface area (Å²) in [7, 11) is -3.52. The van der Waals surface area contributed by atoms with Gasteiger partial charge >= 0.3 is 0 Å². The van der Waals surface area contributed by atoms with Crippen LogP contribution in [0.15, 0.2) is 11.1 Å². The first kappa shape index (κ1) is 12.4. The molecular weight excluding hydrogens is 240 g/mol. The fourth-order valence-electron chi connectivity index (χ4n) is 1.89. The van der Waals surface area contributed by atoms with Crippen molar-refractivity contribution in [3.05, 3.63) is 6.20 Å². The molecule has 6 nitrogen and oxygen atoms in total. The number of hydrogen-bond acceptors (Lipinski definition) is 4. The van der Waals surface area contributed by atoms with Gasteiger partial charge in [-0.3, -0.25) is 4.68 Å². The van der Waals surface area contributed by atoms with Gasteiger partial charge in [0.1, 0.15) is 4.90 Å². The summed E-state index contributed by atoms with van der Waals surface area (Å²) in [6.45, 7) is 4.54. The lowest BCUT2D eigenvalue weighted by molar-refractivity contribution is 0.575. The predicted octanol–water partition coefficient (Wildman–Crippen LogP) is 0.562. The van der Waals surface area contributed by atoms with Gasteiger partial charge < -0.3 is 5.73 Å². The van der Waals surface area contributed by atoms with E-state index in [0.29, 0.717) is 12.5 Å². The first-order valence-corrected chi connectivity index (χ1v) is 7.31. The maximum Gasteiger partial charge on any atom is 0.246 e. The van der Waals surface area contributed by atoms with Crippen LogP contribution >= 0.6 is 0 Å². The second kappa shape index (κ2) is 4.30. The molecule has 1 aromatic rings. The molecule has 2 unspecified atom stereocenters. The van der Waals surface area contributed by atoms with Gasteiger partial charge in [-0.2, -0.15) is 5.10 Å². The highest BCUT2D eigenvalue weighted by molar-refractivity contribution is 7.89. The molecule has 0 aliphatic heterocycles. The van der Waals surface area contributed by atoms with Gasteiger partial charge in [0.15, 0.2) is 5.82 Å². The van der Waals surface area contributed by atoms with E-state index in [1.165, 1.54) is 10.9 Å². The van der Waals surface area contributed by atoms with E-state index in [9.17, 15) is 8.42 Å². The van der Waals surface area contributed by atoms with E-state index in [4.69, 9.17) is 5.73 Å². The molecule has 17 heavy (non-hydrogen) atoms. The molecule has 96 valence electrons. The molecule has 1 saturated carbocycles. The van der Waals surface area contributed by atoms with Crippen LogP contribution in [0.3, 0.4) is 0 Å². The number of nitrogens with two attached hydrogens (primary N) is 1. The number of nitrogens with zero attached hydrogens (tertiary/aromatic N) is 2. The zero-order valence-electron chi connectivity index (χ0n) is 10.0. The predicted molar refractivity (Wildman–Crippen MR) is 64.8 cm³/mol. The Morgan fingerprint density at radius 3 is 2.76 bits per heavy atom. The van der Waals surface area contributed by atoms with Crippen LogP contribution in [-0.2, 0) is 16.6 Å². The summed E-state index contributed by atoms with van der Waals surface area (Å²) in [5.74, 6) is 0.528. The van der Waals surface area contributed by atoms with Crippen molar-refractivity contribution >= 4 is 15.8 Å². The largest absolute Gasteiger partial charge is 0.381 e. The van der Waals surface area contributed by atoms with Crippen molar-refractivity contribution < 1.29 is 8.42 Å². The molecule has 1 aromatic heterocycles. The number of nitrogens with one attached hydrogen (secondary N) is 1. The summed E-state index contributed by atoms with van der Waals surface area (Å²) in [6, 6.07) is 0.0642. The van der Waals surface area contributed by atoms with Crippen LogP contribution in [0.2, 0.25) is 0 Å². The van der Waals surface area contributed by atoms with Gasteiger partial charge in [-0.25, -0.2) is 13.1 Å². The average Bonchev–Trinajstić information content (AvgIpc) is 2.88. The molecule has 3 N–H and O–H groups in total. The fraction of sp³-hybridized carbons (Fsp3) is 0.700. The normalized spacial score (nSPS) is 23.9. The molecule has 1 aliphatic carbocycles. The van der Waals surface area contributed by atoms with Gasteiger partial charge in [-0.05, 0) is 19.3 Å². The van der Waals surface area contributed by atoms with E-state index < -0.39 is 10.0 Å². The lowest BCUT2D eigenvalue weighted by Gasteiger charge is -2.03. The van der Waals surface area contributed by atoms with Gasteiger partial charge in [0, 0.05) is 18.8 Å². The quantitative estimate of drug-likeness (QED) is 0.807. The van der Waals surface area contributed by atoms with E-state index in [0.717, 1.165) is 12.8 Å². The third-order valence-corrected chi connectivity index (χ3v) is 4.63. The molecule has 1 aliphatic rings. The molecule has 1 fully saturated rings. The summed E-state index contributed by atoms with van der Waals surface area (Å²) >= 11 is 0. The van der Waals surface area contributed by atoms with Crippen molar-refractivity contribution in [3.63, 3.8) is 0 Å². The van der Waals surface area contributed by atoms with Gasteiger partial charge in [0.2, 0.25) is 10.0 Å². The van der Waals surface area contributed by atoms with Crippen LogP contribution in [0.5, 0.6) is 0 Å². The van der Waals surface area contributed by atoms with E-state index in [2.05, 4.69) is 16.7 Å². The van der Waals surface area contributed by atoms with Crippen molar-refractivity contribution in [3.8, 4) is 0 Å². The third-order valence-electron chi connectivity index (χ3n) is 3.12. The minimum Gasteiger partial charge on any atom is -0.381 e. The van der Waals surface area contributed by atoms with Crippen molar-refractivity contribution in [2.45, 2.75) is 44.2 Å². The molecule has 0 bridgehead atoms.